The third-order valence-electron chi connectivity index (χ3n) is 4.48. The minimum Gasteiger partial charge on any atom is -0.465 e. The molecule has 1 aromatic carbocycles. The van der Waals surface area contributed by atoms with Gasteiger partial charge in [-0.3, -0.25) is 9.59 Å². The van der Waals surface area contributed by atoms with Gasteiger partial charge in [-0.2, -0.15) is 4.98 Å². The number of anilines is 1. The number of amides is 1. The van der Waals surface area contributed by atoms with E-state index in [1.165, 1.54) is 13.2 Å². The number of ether oxygens (including phenoxy) is 1. The summed E-state index contributed by atoms with van der Waals surface area (Å²) in [4.78, 5) is 45.9. The molecule has 31 heavy (non-hydrogen) atoms. The number of esters is 1. The summed E-state index contributed by atoms with van der Waals surface area (Å²) >= 11 is 7.27. The van der Waals surface area contributed by atoms with Crippen LogP contribution in [0.2, 0.25) is 5.02 Å². The van der Waals surface area contributed by atoms with E-state index in [1.807, 2.05) is 19.9 Å². The van der Waals surface area contributed by atoms with Gasteiger partial charge < -0.3 is 14.6 Å². The first kappa shape index (κ1) is 22.8. The van der Waals surface area contributed by atoms with Crippen LogP contribution in [0.15, 0.2) is 34.2 Å². The Balaban J connectivity index is 1.93. The molecule has 0 atom stereocenters. The van der Waals surface area contributed by atoms with E-state index in [0.717, 1.165) is 17.3 Å². The van der Waals surface area contributed by atoms with E-state index in [9.17, 15) is 14.4 Å². The number of methoxy groups -OCH3 is 1. The summed E-state index contributed by atoms with van der Waals surface area (Å²) in [5, 5.41) is 3.63. The lowest BCUT2D eigenvalue weighted by Gasteiger charge is -2.15. The summed E-state index contributed by atoms with van der Waals surface area (Å²) in [5.74, 6) is -0.912. The highest BCUT2D eigenvalue weighted by molar-refractivity contribution is 7.99. The number of nitrogens with one attached hydrogen (secondary N) is 1. The molecule has 0 unspecified atom stereocenters. The Bertz CT molecular complexity index is 1240. The highest BCUT2D eigenvalue weighted by atomic mass is 35.5. The monoisotopic (exact) mass is 460 g/mol. The average Bonchev–Trinajstić information content (AvgIpc) is 2.73. The maximum Gasteiger partial charge on any atom is 0.338 e. The lowest BCUT2D eigenvalue weighted by molar-refractivity contribution is -0.113. The quantitative estimate of drug-likeness (QED) is 0.340. The average molecular weight is 461 g/mol. The first-order chi connectivity index (χ1) is 14.7. The van der Waals surface area contributed by atoms with Gasteiger partial charge in [0.05, 0.1) is 34.5 Å². The molecule has 8 nitrogen and oxygen atoms in total. The maximum atomic E-state index is 12.7. The second-order valence-corrected chi connectivity index (χ2v) is 8.12. The fraction of sp³-hybridized carbons (Fsp3) is 0.286. The van der Waals surface area contributed by atoms with E-state index in [1.54, 1.807) is 23.6 Å². The summed E-state index contributed by atoms with van der Waals surface area (Å²) < 4.78 is 6.50. The number of aromatic nitrogens is 3. The van der Waals surface area contributed by atoms with Crippen LogP contribution in [-0.2, 0) is 16.1 Å². The molecule has 0 bridgehead atoms. The van der Waals surface area contributed by atoms with Crippen molar-refractivity contribution in [2.75, 3.05) is 18.2 Å². The Morgan fingerprint density at radius 3 is 2.61 bits per heavy atom. The second kappa shape index (κ2) is 9.49. The Morgan fingerprint density at radius 1 is 1.23 bits per heavy atom. The van der Waals surface area contributed by atoms with E-state index in [4.69, 9.17) is 16.3 Å². The topological polar surface area (TPSA) is 103 Å². The third kappa shape index (κ3) is 4.88. The number of halogens is 1. The van der Waals surface area contributed by atoms with Gasteiger partial charge in [-0.25, -0.2) is 9.78 Å². The van der Waals surface area contributed by atoms with Crippen molar-refractivity contribution < 1.29 is 14.3 Å². The van der Waals surface area contributed by atoms with Crippen LogP contribution in [0, 0.1) is 13.8 Å². The minimum absolute atomic E-state index is 0.0117. The molecule has 0 saturated carbocycles. The first-order valence-corrected chi connectivity index (χ1v) is 10.8. The van der Waals surface area contributed by atoms with Gasteiger partial charge in [0.15, 0.2) is 5.16 Å². The molecule has 3 rings (SSSR count). The fourth-order valence-corrected chi connectivity index (χ4v) is 4.19. The van der Waals surface area contributed by atoms with E-state index in [0.29, 0.717) is 33.8 Å². The van der Waals surface area contributed by atoms with Crippen molar-refractivity contribution in [3.8, 4) is 0 Å². The van der Waals surface area contributed by atoms with Crippen molar-refractivity contribution in [3.63, 3.8) is 0 Å². The number of aryl methyl sites for hydroxylation is 3. The Morgan fingerprint density at radius 2 is 1.97 bits per heavy atom. The smallest absolute Gasteiger partial charge is 0.338 e. The largest absolute Gasteiger partial charge is 0.465 e. The maximum absolute atomic E-state index is 12.7. The van der Waals surface area contributed by atoms with E-state index >= 15 is 0 Å². The lowest BCUT2D eigenvalue weighted by atomic mass is 10.1. The Labute approximate surface area is 188 Å². The molecule has 3 aromatic rings. The van der Waals surface area contributed by atoms with Crippen molar-refractivity contribution in [3.05, 3.63) is 56.5 Å². The molecule has 1 amide bonds. The highest BCUT2D eigenvalue weighted by Crippen LogP contribution is 2.25. The number of carbonyl (C=O) groups is 2. The molecule has 2 aromatic heterocycles. The number of thioether (sulfide) groups is 1. The number of benzene rings is 1. The minimum atomic E-state index is -0.633. The van der Waals surface area contributed by atoms with Crippen molar-refractivity contribution in [1.29, 1.82) is 0 Å². The number of carbonyl (C=O) groups excluding carboxylic acids is 2. The molecule has 2 heterocycles. The lowest BCUT2D eigenvalue weighted by Crippen LogP contribution is -2.21. The third-order valence-corrected chi connectivity index (χ3v) is 5.77. The van der Waals surface area contributed by atoms with E-state index < -0.39 is 11.5 Å². The van der Waals surface area contributed by atoms with E-state index in [2.05, 4.69) is 15.3 Å². The highest BCUT2D eigenvalue weighted by Gasteiger charge is 2.20. The van der Waals surface area contributed by atoms with Gasteiger partial charge in [0.1, 0.15) is 5.65 Å². The Kier molecular flexibility index (Phi) is 6.97. The summed E-state index contributed by atoms with van der Waals surface area (Å²) in [6, 6.07) is 6.85. The fourth-order valence-electron chi connectivity index (χ4n) is 3.06. The molecule has 10 heteroatoms. The first-order valence-electron chi connectivity index (χ1n) is 9.44. The normalized spacial score (nSPS) is 10.9. The zero-order valence-corrected chi connectivity index (χ0v) is 19.1. The van der Waals surface area contributed by atoms with Crippen LogP contribution >= 0.6 is 23.4 Å². The van der Waals surface area contributed by atoms with Crippen molar-refractivity contribution in [2.45, 2.75) is 32.5 Å². The summed E-state index contributed by atoms with van der Waals surface area (Å²) in [6.45, 7) is 5.94. The van der Waals surface area contributed by atoms with E-state index in [-0.39, 0.29) is 22.6 Å². The van der Waals surface area contributed by atoms with Crippen LogP contribution in [0.5, 0.6) is 0 Å². The number of pyridine rings is 1. The van der Waals surface area contributed by atoms with Gasteiger partial charge in [-0.1, -0.05) is 29.4 Å². The zero-order valence-electron chi connectivity index (χ0n) is 17.5. The molecule has 0 fully saturated rings. The molecule has 162 valence electrons. The number of fused-ring (bicyclic) bond motifs is 1. The van der Waals surface area contributed by atoms with Gasteiger partial charge in [0, 0.05) is 12.2 Å². The molecule has 0 aliphatic carbocycles. The molecule has 0 aliphatic heterocycles. The van der Waals surface area contributed by atoms with Crippen molar-refractivity contribution in [1.82, 2.24) is 14.5 Å². The van der Waals surface area contributed by atoms with Crippen molar-refractivity contribution >= 4 is 52.0 Å². The SMILES string of the molecule is CCn1c(SCC(=O)Nc2ccc(C)cc2Cl)nc(=O)c2c(C(=O)OC)cc(C)nc21. The second-order valence-electron chi connectivity index (χ2n) is 6.77. The standard InChI is InChI=1S/C21H21ClN4O4S/c1-5-26-18-17(13(20(29)30-4)9-12(3)23-18)19(28)25-21(26)31-10-16(27)24-15-7-6-11(2)8-14(15)22/h6-9H,5,10H2,1-4H3,(H,24,27). The van der Waals surface area contributed by atoms with Gasteiger partial charge in [0.2, 0.25) is 5.91 Å². The molecule has 0 spiro atoms. The summed E-state index contributed by atoms with van der Waals surface area (Å²) in [5.41, 5.74) is 1.90. The molecule has 0 aliphatic rings. The summed E-state index contributed by atoms with van der Waals surface area (Å²) in [7, 11) is 1.25. The van der Waals surface area contributed by atoms with Crippen LogP contribution in [0.25, 0.3) is 11.0 Å². The van der Waals surface area contributed by atoms with Crippen molar-refractivity contribution in [2.24, 2.45) is 0 Å². The predicted octanol–water partition coefficient (Wildman–Crippen LogP) is 3.60. The van der Waals surface area contributed by atoms with Crippen LogP contribution in [-0.4, -0.2) is 39.3 Å². The molecular weight excluding hydrogens is 440 g/mol. The van der Waals surface area contributed by atoms with Crippen LogP contribution in [0.1, 0.15) is 28.5 Å². The van der Waals surface area contributed by atoms with Gasteiger partial charge in [0.25, 0.3) is 5.56 Å². The number of rotatable bonds is 6. The number of hydrogen-bond acceptors (Lipinski definition) is 7. The molecular formula is C21H21ClN4O4S. The molecule has 0 radical (unpaired) electrons. The Hall–Kier alpha value is -2.91. The van der Waals surface area contributed by atoms with Crippen LogP contribution in [0.4, 0.5) is 5.69 Å². The zero-order chi connectivity index (χ0) is 22.7. The molecule has 1 N–H and O–H groups in total. The summed E-state index contributed by atoms with van der Waals surface area (Å²) in [6.07, 6.45) is 0. The number of nitrogens with zero attached hydrogens (tertiary/aromatic N) is 3. The van der Waals surface area contributed by atoms with Gasteiger partial charge >= 0.3 is 5.97 Å². The predicted molar refractivity (Wildman–Crippen MR) is 121 cm³/mol. The van der Waals surface area contributed by atoms with Crippen LogP contribution in [0.3, 0.4) is 0 Å². The van der Waals surface area contributed by atoms with Gasteiger partial charge in [-0.05, 0) is 44.5 Å². The van der Waals surface area contributed by atoms with Gasteiger partial charge in [-0.15, -0.1) is 0 Å². The molecule has 0 saturated heterocycles. The van der Waals surface area contributed by atoms with Crippen LogP contribution < -0.4 is 10.9 Å². The number of hydrogen-bond donors (Lipinski definition) is 1.